The number of carbonyl (C=O) groups is 2. The van der Waals surface area contributed by atoms with Gasteiger partial charge in [0.2, 0.25) is 11.8 Å². The largest absolute Gasteiger partial charge is 0.497 e. The van der Waals surface area contributed by atoms with Crippen LogP contribution >= 0.6 is 11.6 Å². The summed E-state index contributed by atoms with van der Waals surface area (Å²) in [6.45, 7) is 7.74. The third kappa shape index (κ3) is 9.36. The van der Waals surface area contributed by atoms with E-state index in [0.29, 0.717) is 23.0 Å². The lowest BCUT2D eigenvalue weighted by molar-refractivity contribution is -0.140. The zero-order chi connectivity index (χ0) is 34.1. The number of aryl methyl sites for hydroxylation is 2. The molecule has 0 unspecified atom stereocenters. The van der Waals surface area contributed by atoms with Crippen LogP contribution in [0.15, 0.2) is 102 Å². The molecule has 10 heteroatoms. The standard InChI is InChI=1S/C37H42ClN3O5S/c1-26(2)23-39-37(43)35(22-29-10-7-6-8-11-29)40(24-30-12-9-13-33(21-30)46-5)36(42)25-41(32-17-14-27(3)28(4)20-32)47(44,45)34-18-15-31(38)16-19-34/h6-21,26,35H,22-25H2,1-5H3,(H,39,43)/t35-/m1/s1. The Morgan fingerprint density at radius 2 is 1.53 bits per heavy atom. The molecule has 1 N–H and O–H groups in total. The zero-order valence-electron chi connectivity index (χ0n) is 27.4. The molecular formula is C37H42ClN3O5S. The predicted octanol–water partition coefficient (Wildman–Crippen LogP) is 6.57. The van der Waals surface area contributed by atoms with Gasteiger partial charge in [0.25, 0.3) is 10.0 Å². The summed E-state index contributed by atoms with van der Waals surface area (Å²) < 4.78 is 35.0. The topological polar surface area (TPSA) is 96.0 Å². The number of sulfonamides is 1. The van der Waals surface area contributed by atoms with E-state index in [1.54, 1.807) is 31.4 Å². The number of amides is 2. The summed E-state index contributed by atoms with van der Waals surface area (Å²) in [5.41, 5.74) is 3.77. The van der Waals surface area contributed by atoms with Crippen LogP contribution in [0.3, 0.4) is 0 Å². The highest BCUT2D eigenvalue weighted by Crippen LogP contribution is 2.28. The van der Waals surface area contributed by atoms with E-state index >= 15 is 0 Å². The van der Waals surface area contributed by atoms with E-state index in [0.717, 1.165) is 26.6 Å². The SMILES string of the molecule is COc1cccc(CN(C(=O)CN(c2ccc(C)c(C)c2)S(=O)(=O)c2ccc(Cl)cc2)[C@H](Cc2ccccc2)C(=O)NCC(C)C)c1. The molecule has 4 aromatic rings. The van der Waals surface area contributed by atoms with Crippen molar-refractivity contribution < 1.29 is 22.7 Å². The number of hydrogen-bond acceptors (Lipinski definition) is 5. The summed E-state index contributed by atoms with van der Waals surface area (Å²) in [6, 6.07) is 26.9. The number of carbonyl (C=O) groups excluding carboxylic acids is 2. The van der Waals surface area contributed by atoms with Crippen LogP contribution in [0.5, 0.6) is 5.75 Å². The van der Waals surface area contributed by atoms with Gasteiger partial charge in [0.15, 0.2) is 0 Å². The first-order chi connectivity index (χ1) is 22.4. The van der Waals surface area contributed by atoms with E-state index in [1.807, 2.05) is 76.2 Å². The quantitative estimate of drug-likeness (QED) is 0.163. The Kier molecular flexibility index (Phi) is 12.1. The minimum absolute atomic E-state index is 0.0113. The molecule has 8 nitrogen and oxygen atoms in total. The van der Waals surface area contributed by atoms with Gasteiger partial charge in [-0.3, -0.25) is 13.9 Å². The molecule has 248 valence electrons. The second kappa shape index (κ2) is 16.0. The Morgan fingerprint density at radius 1 is 0.851 bits per heavy atom. The van der Waals surface area contributed by atoms with Gasteiger partial charge >= 0.3 is 0 Å². The van der Waals surface area contributed by atoms with Gasteiger partial charge in [-0.1, -0.05) is 74.0 Å². The van der Waals surface area contributed by atoms with Crippen molar-refractivity contribution in [2.75, 3.05) is 24.5 Å². The molecule has 0 saturated carbocycles. The molecule has 0 bridgehead atoms. The van der Waals surface area contributed by atoms with Crippen LogP contribution in [0.2, 0.25) is 5.02 Å². The normalized spacial score (nSPS) is 12.0. The van der Waals surface area contributed by atoms with Crippen LogP contribution in [0, 0.1) is 19.8 Å². The number of rotatable bonds is 14. The Bertz CT molecular complexity index is 1780. The molecule has 0 aromatic heterocycles. The first-order valence-corrected chi connectivity index (χ1v) is 17.3. The van der Waals surface area contributed by atoms with E-state index in [9.17, 15) is 18.0 Å². The fourth-order valence-corrected chi connectivity index (χ4v) is 6.62. The molecule has 0 aliphatic rings. The van der Waals surface area contributed by atoms with E-state index in [1.165, 1.54) is 29.2 Å². The number of benzene rings is 4. The van der Waals surface area contributed by atoms with Gasteiger partial charge in [-0.2, -0.15) is 0 Å². The number of halogens is 1. The van der Waals surface area contributed by atoms with Crippen molar-refractivity contribution in [1.29, 1.82) is 0 Å². The number of nitrogens with zero attached hydrogens (tertiary/aromatic N) is 2. The molecule has 0 fully saturated rings. The van der Waals surface area contributed by atoms with Crippen molar-refractivity contribution in [3.05, 3.63) is 124 Å². The molecule has 0 aliphatic heterocycles. The Morgan fingerprint density at radius 3 is 2.17 bits per heavy atom. The molecule has 4 aromatic carbocycles. The average Bonchev–Trinajstić information content (AvgIpc) is 3.06. The second-order valence-electron chi connectivity index (χ2n) is 12.0. The molecule has 4 rings (SSSR count). The van der Waals surface area contributed by atoms with Crippen molar-refractivity contribution in [1.82, 2.24) is 10.2 Å². The number of nitrogens with one attached hydrogen (secondary N) is 1. The summed E-state index contributed by atoms with van der Waals surface area (Å²) in [5.74, 6) is -0.0780. The lowest BCUT2D eigenvalue weighted by atomic mass is 10.0. The summed E-state index contributed by atoms with van der Waals surface area (Å²) in [7, 11) is -2.67. The molecule has 0 aliphatic carbocycles. The van der Waals surface area contributed by atoms with Gasteiger partial charge in [0.05, 0.1) is 17.7 Å². The monoisotopic (exact) mass is 675 g/mol. The van der Waals surface area contributed by atoms with Gasteiger partial charge in [-0.05, 0) is 90.6 Å². The van der Waals surface area contributed by atoms with Crippen LogP contribution in [-0.4, -0.2) is 51.4 Å². The Hall–Kier alpha value is -4.34. The third-order valence-corrected chi connectivity index (χ3v) is 9.94. The van der Waals surface area contributed by atoms with Gasteiger partial charge in [0, 0.05) is 24.5 Å². The third-order valence-electron chi connectivity index (χ3n) is 7.90. The first kappa shape index (κ1) is 35.5. The molecule has 0 heterocycles. The highest BCUT2D eigenvalue weighted by atomic mass is 35.5. The van der Waals surface area contributed by atoms with Gasteiger partial charge < -0.3 is 15.0 Å². The van der Waals surface area contributed by atoms with Crippen molar-refractivity contribution in [2.24, 2.45) is 5.92 Å². The molecule has 47 heavy (non-hydrogen) atoms. The molecule has 0 radical (unpaired) electrons. The molecule has 0 saturated heterocycles. The first-order valence-electron chi connectivity index (χ1n) is 15.5. The van der Waals surface area contributed by atoms with Crippen LogP contribution < -0.4 is 14.4 Å². The lowest BCUT2D eigenvalue weighted by Crippen LogP contribution is -2.53. The summed E-state index contributed by atoms with van der Waals surface area (Å²) in [4.78, 5) is 30.0. The van der Waals surface area contributed by atoms with E-state index in [2.05, 4.69) is 5.32 Å². The second-order valence-corrected chi connectivity index (χ2v) is 14.3. The van der Waals surface area contributed by atoms with Crippen molar-refractivity contribution in [2.45, 2.75) is 51.6 Å². The fraction of sp³-hybridized carbons (Fsp3) is 0.297. The zero-order valence-corrected chi connectivity index (χ0v) is 29.0. The van der Waals surface area contributed by atoms with Crippen LogP contribution in [-0.2, 0) is 32.6 Å². The number of hydrogen-bond donors (Lipinski definition) is 1. The van der Waals surface area contributed by atoms with E-state index < -0.39 is 28.5 Å². The highest BCUT2D eigenvalue weighted by Gasteiger charge is 2.35. The number of methoxy groups -OCH3 is 1. The van der Waals surface area contributed by atoms with Crippen molar-refractivity contribution >= 4 is 39.1 Å². The number of anilines is 1. The van der Waals surface area contributed by atoms with Gasteiger partial charge in [0.1, 0.15) is 18.3 Å². The van der Waals surface area contributed by atoms with E-state index in [-0.39, 0.29) is 29.7 Å². The smallest absolute Gasteiger partial charge is 0.264 e. The summed E-state index contributed by atoms with van der Waals surface area (Å²) in [6.07, 6.45) is 0.230. The van der Waals surface area contributed by atoms with Crippen molar-refractivity contribution in [3.63, 3.8) is 0 Å². The molecule has 1 atom stereocenters. The molecule has 2 amide bonds. The Balaban J connectivity index is 1.82. The van der Waals surface area contributed by atoms with Crippen LogP contribution in [0.25, 0.3) is 0 Å². The summed E-state index contributed by atoms with van der Waals surface area (Å²) in [5, 5.41) is 3.39. The average molecular weight is 676 g/mol. The van der Waals surface area contributed by atoms with Crippen molar-refractivity contribution in [3.8, 4) is 5.75 Å². The molecule has 0 spiro atoms. The Labute approximate surface area is 283 Å². The van der Waals surface area contributed by atoms with E-state index in [4.69, 9.17) is 16.3 Å². The molecular weight excluding hydrogens is 634 g/mol. The minimum Gasteiger partial charge on any atom is -0.497 e. The maximum Gasteiger partial charge on any atom is 0.264 e. The van der Waals surface area contributed by atoms with Crippen LogP contribution in [0.1, 0.15) is 36.1 Å². The predicted molar refractivity (Wildman–Crippen MR) is 187 cm³/mol. The fourth-order valence-electron chi connectivity index (χ4n) is 5.09. The maximum atomic E-state index is 14.6. The lowest BCUT2D eigenvalue weighted by Gasteiger charge is -2.34. The van der Waals surface area contributed by atoms with Gasteiger partial charge in [-0.15, -0.1) is 0 Å². The minimum atomic E-state index is -4.23. The summed E-state index contributed by atoms with van der Waals surface area (Å²) >= 11 is 6.08. The van der Waals surface area contributed by atoms with Gasteiger partial charge in [-0.25, -0.2) is 8.42 Å². The van der Waals surface area contributed by atoms with Crippen LogP contribution in [0.4, 0.5) is 5.69 Å². The number of ether oxygens (including phenoxy) is 1. The maximum absolute atomic E-state index is 14.6. The highest BCUT2D eigenvalue weighted by molar-refractivity contribution is 7.92.